The van der Waals surface area contributed by atoms with E-state index in [0.29, 0.717) is 6.54 Å². The highest BCUT2D eigenvalue weighted by Crippen LogP contribution is 2.16. The number of carbonyl (C=O) groups is 1. The van der Waals surface area contributed by atoms with Gasteiger partial charge in [0.2, 0.25) is 5.91 Å². The van der Waals surface area contributed by atoms with Gasteiger partial charge in [0.1, 0.15) is 6.54 Å². The van der Waals surface area contributed by atoms with Crippen LogP contribution in [0.3, 0.4) is 0 Å². The monoisotopic (exact) mass is 291 g/mol. The highest BCUT2D eigenvalue weighted by molar-refractivity contribution is 5.75. The Balaban J connectivity index is 1.61. The van der Waals surface area contributed by atoms with Gasteiger partial charge in [0, 0.05) is 19.2 Å². The third-order valence-electron chi connectivity index (χ3n) is 4.12. The van der Waals surface area contributed by atoms with Crippen LogP contribution in [0.25, 0.3) is 0 Å². The zero-order valence-electron chi connectivity index (χ0n) is 12.1. The Morgan fingerprint density at radius 2 is 2.24 bits per heavy atom. The molecule has 0 radical (unpaired) electrons. The molecule has 1 aliphatic carbocycles. The van der Waals surface area contributed by atoms with E-state index in [0.717, 1.165) is 56.4 Å². The molecule has 1 amide bonds. The summed E-state index contributed by atoms with van der Waals surface area (Å²) in [5, 5.41) is 7.16. The number of aromatic nitrogens is 2. The first-order chi connectivity index (χ1) is 10.2. The lowest BCUT2D eigenvalue weighted by molar-refractivity contribution is -0.122. The second-order valence-corrected chi connectivity index (χ2v) is 5.76. The maximum atomic E-state index is 12.0. The summed E-state index contributed by atoms with van der Waals surface area (Å²) in [5.74, 6) is -0.184. The van der Waals surface area contributed by atoms with Crippen molar-refractivity contribution in [1.29, 1.82) is 0 Å². The second-order valence-electron chi connectivity index (χ2n) is 5.76. The van der Waals surface area contributed by atoms with Gasteiger partial charge in [-0.15, -0.1) is 0 Å². The Hall–Kier alpha value is -1.69. The maximum absolute atomic E-state index is 12.0. The molecule has 2 aliphatic rings. The van der Waals surface area contributed by atoms with E-state index in [1.165, 1.54) is 4.68 Å². The average Bonchev–Trinajstić information content (AvgIpc) is 2.99. The Kier molecular flexibility index (Phi) is 4.34. The normalized spacial score (nSPS) is 21.0. The zero-order valence-corrected chi connectivity index (χ0v) is 12.1. The van der Waals surface area contributed by atoms with E-state index in [4.69, 9.17) is 4.74 Å². The lowest BCUT2D eigenvalue weighted by Crippen LogP contribution is -2.37. The van der Waals surface area contributed by atoms with Crippen molar-refractivity contribution in [1.82, 2.24) is 15.1 Å². The molecule has 1 aliphatic heterocycles. The minimum Gasteiger partial charge on any atom is -0.376 e. The molecule has 6 heteroatoms. The Labute approximate surface area is 123 Å². The molecule has 2 heterocycles. The van der Waals surface area contributed by atoms with Gasteiger partial charge in [-0.05, 0) is 44.1 Å². The largest absolute Gasteiger partial charge is 0.376 e. The number of carbonyl (C=O) groups excluding carboxylic acids is 1. The summed E-state index contributed by atoms with van der Waals surface area (Å²) in [4.78, 5) is 23.9. The van der Waals surface area contributed by atoms with Gasteiger partial charge in [-0.25, -0.2) is 4.68 Å². The summed E-state index contributed by atoms with van der Waals surface area (Å²) in [5.41, 5.74) is 1.82. The molecular weight excluding hydrogens is 270 g/mol. The number of aryl methyl sites for hydroxylation is 2. The molecule has 1 atom stereocenters. The topological polar surface area (TPSA) is 73.2 Å². The van der Waals surface area contributed by atoms with Crippen molar-refractivity contribution >= 4 is 5.91 Å². The van der Waals surface area contributed by atoms with E-state index in [1.807, 2.05) is 0 Å². The number of rotatable bonds is 4. The van der Waals surface area contributed by atoms with Crippen LogP contribution in [0.1, 0.15) is 36.9 Å². The summed E-state index contributed by atoms with van der Waals surface area (Å²) < 4.78 is 6.73. The second kappa shape index (κ2) is 6.39. The van der Waals surface area contributed by atoms with Crippen molar-refractivity contribution in [2.24, 2.45) is 0 Å². The van der Waals surface area contributed by atoms with Crippen LogP contribution in [0, 0.1) is 0 Å². The van der Waals surface area contributed by atoms with Crippen LogP contribution in [-0.2, 0) is 28.9 Å². The fourth-order valence-electron chi connectivity index (χ4n) is 2.94. The van der Waals surface area contributed by atoms with Gasteiger partial charge >= 0.3 is 0 Å². The van der Waals surface area contributed by atoms with E-state index < -0.39 is 0 Å². The number of nitrogens with one attached hydrogen (secondary N) is 1. The Morgan fingerprint density at radius 3 is 3.05 bits per heavy atom. The maximum Gasteiger partial charge on any atom is 0.267 e. The summed E-state index contributed by atoms with van der Waals surface area (Å²) >= 11 is 0. The lowest BCUT2D eigenvalue weighted by Gasteiger charge is -2.16. The van der Waals surface area contributed by atoms with E-state index in [9.17, 15) is 9.59 Å². The molecule has 0 spiro atoms. The fraction of sp³-hybridized carbons (Fsp3) is 0.667. The summed E-state index contributed by atoms with van der Waals surface area (Å²) in [6, 6.07) is 1.63. The van der Waals surface area contributed by atoms with E-state index in [2.05, 4.69) is 10.4 Å². The minimum atomic E-state index is -0.192. The molecule has 1 aromatic heterocycles. The van der Waals surface area contributed by atoms with Crippen LogP contribution in [0.4, 0.5) is 0 Å². The quantitative estimate of drug-likeness (QED) is 0.872. The van der Waals surface area contributed by atoms with Gasteiger partial charge < -0.3 is 10.1 Å². The van der Waals surface area contributed by atoms with Crippen molar-refractivity contribution in [3.8, 4) is 0 Å². The van der Waals surface area contributed by atoms with E-state index in [1.54, 1.807) is 6.07 Å². The van der Waals surface area contributed by atoms with Crippen LogP contribution >= 0.6 is 0 Å². The first kappa shape index (κ1) is 14.3. The SMILES string of the molecule is O=C(Cn1nc2c(cc1=O)CCCC2)NC[C@H]1CCCO1. The minimum absolute atomic E-state index is 0.0150. The van der Waals surface area contributed by atoms with Gasteiger partial charge in [0.25, 0.3) is 5.56 Å². The molecule has 0 aromatic carbocycles. The highest BCUT2D eigenvalue weighted by atomic mass is 16.5. The number of hydrogen-bond acceptors (Lipinski definition) is 4. The zero-order chi connectivity index (χ0) is 14.7. The summed E-state index contributed by atoms with van der Waals surface area (Å²) in [6.45, 7) is 1.27. The van der Waals surface area contributed by atoms with Crippen LogP contribution in [-0.4, -0.2) is 34.9 Å². The molecule has 1 fully saturated rings. The Morgan fingerprint density at radius 1 is 1.38 bits per heavy atom. The molecule has 3 rings (SSSR count). The lowest BCUT2D eigenvalue weighted by atomic mass is 9.97. The number of amides is 1. The van der Waals surface area contributed by atoms with Gasteiger partial charge in [-0.2, -0.15) is 5.10 Å². The van der Waals surface area contributed by atoms with Crippen LogP contribution < -0.4 is 10.9 Å². The standard InChI is InChI=1S/C15H21N3O3/c19-14(16-9-12-5-3-7-21-12)10-18-15(20)8-11-4-1-2-6-13(11)17-18/h8,12H,1-7,9-10H2,(H,16,19)/t12-/m1/s1. The smallest absolute Gasteiger partial charge is 0.267 e. The molecule has 1 aromatic rings. The molecule has 0 unspecified atom stereocenters. The van der Waals surface area contributed by atoms with Gasteiger partial charge in [0.15, 0.2) is 0 Å². The summed E-state index contributed by atoms with van der Waals surface area (Å²) in [6.07, 6.45) is 6.17. The highest BCUT2D eigenvalue weighted by Gasteiger charge is 2.17. The number of fused-ring (bicyclic) bond motifs is 1. The molecule has 1 N–H and O–H groups in total. The van der Waals surface area contributed by atoms with Crippen molar-refractivity contribution in [3.05, 3.63) is 27.7 Å². The van der Waals surface area contributed by atoms with Gasteiger partial charge in [0.05, 0.1) is 11.8 Å². The number of hydrogen-bond donors (Lipinski definition) is 1. The first-order valence-electron chi connectivity index (χ1n) is 7.70. The molecule has 1 saturated heterocycles. The average molecular weight is 291 g/mol. The first-order valence-corrected chi connectivity index (χ1v) is 7.70. The fourth-order valence-corrected chi connectivity index (χ4v) is 2.94. The van der Waals surface area contributed by atoms with Crippen LogP contribution in [0.2, 0.25) is 0 Å². The van der Waals surface area contributed by atoms with Crippen LogP contribution in [0.5, 0.6) is 0 Å². The van der Waals surface area contributed by atoms with Crippen molar-refractivity contribution < 1.29 is 9.53 Å². The van der Waals surface area contributed by atoms with Gasteiger partial charge in [-0.3, -0.25) is 9.59 Å². The van der Waals surface area contributed by atoms with E-state index in [-0.39, 0.29) is 24.1 Å². The van der Waals surface area contributed by atoms with Gasteiger partial charge in [-0.1, -0.05) is 0 Å². The molecule has 6 nitrogen and oxygen atoms in total. The van der Waals surface area contributed by atoms with E-state index >= 15 is 0 Å². The third-order valence-corrected chi connectivity index (χ3v) is 4.12. The van der Waals surface area contributed by atoms with Crippen LogP contribution in [0.15, 0.2) is 10.9 Å². The third kappa shape index (κ3) is 3.50. The summed E-state index contributed by atoms with van der Waals surface area (Å²) in [7, 11) is 0. The van der Waals surface area contributed by atoms with Crippen molar-refractivity contribution in [2.45, 2.75) is 51.2 Å². The van der Waals surface area contributed by atoms with Crippen molar-refractivity contribution in [3.63, 3.8) is 0 Å². The molecule has 0 saturated carbocycles. The molecule has 114 valence electrons. The Bertz CT molecular complexity index is 576. The number of ether oxygens (including phenoxy) is 1. The predicted octanol–water partition coefficient (Wildman–Crippen LogP) is 0.417. The van der Waals surface area contributed by atoms with Crippen molar-refractivity contribution in [2.75, 3.05) is 13.2 Å². The predicted molar refractivity (Wildman–Crippen MR) is 77.1 cm³/mol. The molecular formula is C15H21N3O3. The number of nitrogens with zero attached hydrogens (tertiary/aromatic N) is 2. The molecule has 0 bridgehead atoms. The molecule has 21 heavy (non-hydrogen) atoms.